The molecule has 88 valence electrons. The second-order valence-corrected chi connectivity index (χ2v) is 3.76. The number of amides is 1. The largest absolute Gasteiger partial charge is 0.481 e. The first kappa shape index (κ1) is 12.3. The van der Waals surface area contributed by atoms with Crippen LogP contribution in [0.3, 0.4) is 0 Å². The molecule has 2 atom stereocenters. The first-order valence-electron chi connectivity index (χ1n) is 5.04. The predicted molar refractivity (Wildman–Crippen MR) is 56.5 cm³/mol. The number of hydrogen-bond donors (Lipinski definition) is 2. The highest BCUT2D eigenvalue weighted by atomic mass is 16.4. The minimum absolute atomic E-state index is 0.267. The standard InChI is InChI=1S/C11H15NO4/c1-7(8(2)11(14)15)10(13)12-5-9-3-4-16-6-9/h3-4,6-8H,5H2,1-2H3,(H,12,13)(H,14,15). The van der Waals surface area contributed by atoms with Crippen molar-refractivity contribution >= 4 is 11.9 Å². The summed E-state index contributed by atoms with van der Waals surface area (Å²) in [6.07, 6.45) is 3.05. The topological polar surface area (TPSA) is 79.5 Å². The molecule has 1 aromatic rings. The van der Waals surface area contributed by atoms with Crippen LogP contribution in [-0.2, 0) is 16.1 Å². The van der Waals surface area contributed by atoms with Gasteiger partial charge in [0.1, 0.15) is 0 Å². The molecular formula is C11H15NO4. The van der Waals surface area contributed by atoms with Gasteiger partial charge in [0.25, 0.3) is 0 Å². The molecule has 1 rings (SSSR count). The van der Waals surface area contributed by atoms with Crippen LogP contribution in [0.4, 0.5) is 0 Å². The Labute approximate surface area is 93.4 Å². The third kappa shape index (κ3) is 3.12. The van der Waals surface area contributed by atoms with Gasteiger partial charge in [-0.05, 0) is 6.07 Å². The van der Waals surface area contributed by atoms with Gasteiger partial charge in [0, 0.05) is 18.0 Å². The van der Waals surface area contributed by atoms with E-state index < -0.39 is 17.8 Å². The maximum atomic E-state index is 11.6. The molecule has 16 heavy (non-hydrogen) atoms. The van der Waals surface area contributed by atoms with E-state index in [4.69, 9.17) is 9.52 Å². The number of carboxylic acid groups (broad SMARTS) is 1. The Morgan fingerprint density at radius 1 is 1.44 bits per heavy atom. The average molecular weight is 225 g/mol. The summed E-state index contributed by atoms with van der Waals surface area (Å²) >= 11 is 0. The molecule has 2 N–H and O–H groups in total. The van der Waals surface area contributed by atoms with Gasteiger partial charge in [-0.3, -0.25) is 9.59 Å². The van der Waals surface area contributed by atoms with Crippen molar-refractivity contribution in [1.29, 1.82) is 0 Å². The molecule has 0 spiro atoms. The Morgan fingerprint density at radius 3 is 2.62 bits per heavy atom. The highest BCUT2D eigenvalue weighted by Crippen LogP contribution is 2.11. The molecule has 1 amide bonds. The van der Waals surface area contributed by atoms with Crippen LogP contribution < -0.4 is 5.32 Å². The summed E-state index contributed by atoms with van der Waals surface area (Å²) in [6.45, 7) is 3.47. The number of aliphatic carboxylic acids is 1. The fourth-order valence-electron chi connectivity index (χ4n) is 1.18. The molecule has 0 saturated carbocycles. The molecule has 0 saturated heterocycles. The molecule has 0 bridgehead atoms. The lowest BCUT2D eigenvalue weighted by Crippen LogP contribution is -2.34. The SMILES string of the molecule is CC(C(=O)O)C(C)C(=O)NCc1ccoc1. The molecular weight excluding hydrogens is 210 g/mol. The van der Waals surface area contributed by atoms with E-state index in [0.717, 1.165) is 5.56 Å². The third-order valence-electron chi connectivity index (χ3n) is 2.60. The van der Waals surface area contributed by atoms with Crippen molar-refractivity contribution in [3.05, 3.63) is 24.2 Å². The molecule has 5 heteroatoms. The molecule has 0 radical (unpaired) electrons. The first-order chi connectivity index (χ1) is 7.52. The number of nitrogens with one attached hydrogen (secondary N) is 1. The van der Waals surface area contributed by atoms with Crippen LogP contribution in [0.15, 0.2) is 23.0 Å². The van der Waals surface area contributed by atoms with Crippen molar-refractivity contribution in [2.24, 2.45) is 11.8 Å². The van der Waals surface area contributed by atoms with Gasteiger partial charge in [-0.1, -0.05) is 13.8 Å². The minimum atomic E-state index is -0.967. The van der Waals surface area contributed by atoms with Gasteiger partial charge in [0.15, 0.2) is 0 Å². The van der Waals surface area contributed by atoms with Crippen molar-refractivity contribution < 1.29 is 19.1 Å². The normalized spacial score (nSPS) is 14.1. The molecule has 0 aliphatic heterocycles. The Morgan fingerprint density at radius 2 is 2.12 bits per heavy atom. The van der Waals surface area contributed by atoms with Gasteiger partial charge < -0.3 is 14.8 Å². The van der Waals surface area contributed by atoms with Crippen molar-refractivity contribution in [1.82, 2.24) is 5.32 Å². The number of carboxylic acids is 1. The van der Waals surface area contributed by atoms with Gasteiger partial charge in [0.2, 0.25) is 5.91 Å². The molecule has 0 aliphatic rings. The molecule has 1 aromatic heterocycles. The number of carbonyl (C=O) groups excluding carboxylic acids is 1. The van der Waals surface area contributed by atoms with Crippen molar-refractivity contribution in [2.45, 2.75) is 20.4 Å². The molecule has 0 aromatic carbocycles. The summed E-state index contributed by atoms with van der Waals surface area (Å²) in [4.78, 5) is 22.3. The fraction of sp³-hybridized carbons (Fsp3) is 0.455. The molecule has 1 heterocycles. The maximum absolute atomic E-state index is 11.6. The van der Waals surface area contributed by atoms with Crippen LogP contribution in [0.5, 0.6) is 0 Å². The number of rotatable bonds is 5. The zero-order chi connectivity index (χ0) is 12.1. The lowest BCUT2D eigenvalue weighted by Gasteiger charge is -2.15. The molecule has 0 aliphatic carbocycles. The van der Waals surface area contributed by atoms with Gasteiger partial charge in [-0.25, -0.2) is 0 Å². The summed E-state index contributed by atoms with van der Waals surface area (Å²) in [5.74, 6) is -2.48. The Hall–Kier alpha value is -1.78. The van der Waals surface area contributed by atoms with E-state index in [0.29, 0.717) is 6.54 Å². The minimum Gasteiger partial charge on any atom is -0.481 e. The second-order valence-electron chi connectivity index (χ2n) is 3.76. The van der Waals surface area contributed by atoms with Crippen molar-refractivity contribution in [3.63, 3.8) is 0 Å². The smallest absolute Gasteiger partial charge is 0.307 e. The van der Waals surface area contributed by atoms with E-state index >= 15 is 0 Å². The van der Waals surface area contributed by atoms with E-state index in [1.54, 1.807) is 13.0 Å². The lowest BCUT2D eigenvalue weighted by atomic mass is 9.95. The summed E-state index contributed by atoms with van der Waals surface area (Å²) in [5, 5.41) is 11.4. The molecule has 2 unspecified atom stereocenters. The molecule has 0 fully saturated rings. The first-order valence-corrected chi connectivity index (χ1v) is 5.04. The number of hydrogen-bond acceptors (Lipinski definition) is 3. The lowest BCUT2D eigenvalue weighted by molar-refractivity contribution is -0.146. The van der Waals surface area contributed by atoms with Crippen LogP contribution in [0.25, 0.3) is 0 Å². The number of carbonyl (C=O) groups is 2. The highest BCUT2D eigenvalue weighted by Gasteiger charge is 2.25. The van der Waals surface area contributed by atoms with Crippen LogP contribution in [0, 0.1) is 11.8 Å². The Balaban J connectivity index is 2.43. The Bertz CT molecular complexity index is 358. The maximum Gasteiger partial charge on any atom is 0.307 e. The van der Waals surface area contributed by atoms with Gasteiger partial charge in [-0.15, -0.1) is 0 Å². The number of furan rings is 1. The van der Waals surface area contributed by atoms with Crippen molar-refractivity contribution in [2.75, 3.05) is 0 Å². The Kier molecular flexibility index (Phi) is 4.10. The van der Waals surface area contributed by atoms with E-state index in [1.807, 2.05) is 0 Å². The average Bonchev–Trinajstić information content (AvgIpc) is 2.76. The van der Waals surface area contributed by atoms with Gasteiger partial charge in [0.05, 0.1) is 18.4 Å². The van der Waals surface area contributed by atoms with Crippen LogP contribution >= 0.6 is 0 Å². The van der Waals surface area contributed by atoms with E-state index in [-0.39, 0.29) is 5.91 Å². The van der Waals surface area contributed by atoms with Crippen LogP contribution in [0.1, 0.15) is 19.4 Å². The monoisotopic (exact) mass is 225 g/mol. The summed E-state index contributed by atoms with van der Waals surface area (Å²) in [7, 11) is 0. The zero-order valence-electron chi connectivity index (χ0n) is 9.27. The van der Waals surface area contributed by atoms with E-state index in [1.165, 1.54) is 19.5 Å². The summed E-state index contributed by atoms with van der Waals surface area (Å²) in [5.41, 5.74) is 0.850. The quantitative estimate of drug-likeness (QED) is 0.790. The predicted octanol–water partition coefficient (Wildman–Crippen LogP) is 1.25. The second kappa shape index (κ2) is 5.34. The summed E-state index contributed by atoms with van der Waals surface area (Å²) in [6, 6.07) is 1.74. The highest BCUT2D eigenvalue weighted by molar-refractivity contribution is 5.84. The molecule has 5 nitrogen and oxygen atoms in total. The fourth-order valence-corrected chi connectivity index (χ4v) is 1.18. The van der Waals surface area contributed by atoms with Crippen LogP contribution in [-0.4, -0.2) is 17.0 Å². The van der Waals surface area contributed by atoms with E-state index in [9.17, 15) is 9.59 Å². The van der Waals surface area contributed by atoms with Crippen LogP contribution in [0.2, 0.25) is 0 Å². The van der Waals surface area contributed by atoms with Gasteiger partial charge in [-0.2, -0.15) is 0 Å². The van der Waals surface area contributed by atoms with E-state index in [2.05, 4.69) is 5.32 Å². The van der Waals surface area contributed by atoms with Gasteiger partial charge >= 0.3 is 5.97 Å². The zero-order valence-corrected chi connectivity index (χ0v) is 9.27. The van der Waals surface area contributed by atoms with Crippen molar-refractivity contribution in [3.8, 4) is 0 Å². The third-order valence-corrected chi connectivity index (χ3v) is 2.60. The summed E-state index contributed by atoms with van der Waals surface area (Å²) < 4.78 is 4.85.